The summed E-state index contributed by atoms with van der Waals surface area (Å²) in [5.41, 5.74) is 1.20. The van der Waals surface area contributed by atoms with E-state index in [4.69, 9.17) is 14.2 Å². The molecule has 1 spiro atoms. The number of rotatable bonds is 28. The third-order valence-electron chi connectivity index (χ3n) is 20.6. The quantitative estimate of drug-likeness (QED) is 0.0462. The number of carbonyl (C=O) groups is 5. The minimum absolute atomic E-state index is 0.0472. The fourth-order valence-corrected chi connectivity index (χ4v) is 16.2. The molecule has 5 amide bonds. The molecule has 4 aliphatic carbocycles. The van der Waals surface area contributed by atoms with Gasteiger partial charge in [0.1, 0.15) is 44.2 Å². The summed E-state index contributed by atoms with van der Waals surface area (Å²) in [7, 11) is 0. The average Bonchev–Trinajstić information content (AvgIpc) is 1.60. The molecule has 3 saturated heterocycles. The Morgan fingerprint density at radius 3 is 2.08 bits per heavy atom. The Morgan fingerprint density at radius 2 is 1.43 bits per heavy atom. The van der Waals surface area contributed by atoms with Crippen LogP contribution in [0.25, 0.3) is 0 Å². The van der Waals surface area contributed by atoms with Gasteiger partial charge in [-0.2, -0.15) is 0 Å². The first-order valence-electron chi connectivity index (χ1n) is 32.4. The Balaban J connectivity index is 0.554. The number of nitrogens with one attached hydrogen (secondary N) is 5. The maximum absolute atomic E-state index is 13.9. The van der Waals surface area contributed by atoms with Crippen LogP contribution in [-0.4, -0.2) is 172 Å². The second-order valence-corrected chi connectivity index (χ2v) is 27.3. The standard InChI is InChI=1S/C65H92F2N10O10/c1-39(2)61-74-73-53(77(61)48-30-46-13-14-47(31-48)76(46)26-20-49(43-8-6-5-7-9-43)72-62(83)44-16-21-63(66,67)22-17-44)19-25-68-54(79)35-85-36-55(80)69-32-40(3)28-41(4)33-70-56(81)37-86-38-57(82)71-50-18-23-65(84)52-29-45-12-15-51(78)59-58(45)64(65,60(50)87-59)24-27-75(52)34-42-10-11-42/h5-9,12,15,39-42,44,46-50,52,60,78,84H,10-11,13-14,16-38H2,1-4H3,(H,68,79)(H,69,80)(H,70,81)(H,71,82)(H,72,83)/t40?,41?,46?,47?,48?,49-,50+,52+,60-,64-,65+/m0/s1. The van der Waals surface area contributed by atoms with Crippen LogP contribution in [0.4, 0.5) is 8.78 Å². The van der Waals surface area contributed by atoms with Crippen molar-refractivity contribution in [1.29, 1.82) is 0 Å². The molecule has 3 saturated carbocycles. The lowest BCUT2D eigenvalue weighted by Crippen LogP contribution is -2.78. The Kier molecular flexibility index (Phi) is 19.3. The molecule has 22 heteroatoms. The molecule has 1 aromatic heterocycles. The molecule has 87 heavy (non-hydrogen) atoms. The van der Waals surface area contributed by atoms with Gasteiger partial charge in [0.15, 0.2) is 11.5 Å². The number of phenolic OH excluding ortho intramolecular Hbond substituents is 1. The molecule has 20 nitrogen and oxygen atoms in total. The molecule has 10 atom stereocenters. The first-order valence-corrected chi connectivity index (χ1v) is 32.4. The lowest BCUT2D eigenvalue weighted by atomic mass is 9.48. The molecule has 6 fully saturated rings. The summed E-state index contributed by atoms with van der Waals surface area (Å²) in [6.45, 7) is 10.7. The van der Waals surface area contributed by atoms with Crippen molar-refractivity contribution < 1.29 is 57.2 Å². The third kappa shape index (κ3) is 13.8. The summed E-state index contributed by atoms with van der Waals surface area (Å²) in [5.74, 6) is -1.46. The number of nitrogens with zero attached hydrogens (tertiary/aromatic N) is 5. The summed E-state index contributed by atoms with van der Waals surface area (Å²) in [4.78, 5) is 70.3. The van der Waals surface area contributed by atoms with Gasteiger partial charge >= 0.3 is 0 Å². The number of benzene rings is 2. The predicted octanol–water partition coefficient (Wildman–Crippen LogP) is 5.68. The third-order valence-corrected chi connectivity index (χ3v) is 20.6. The molecule has 3 aromatic rings. The van der Waals surface area contributed by atoms with Crippen molar-refractivity contribution >= 4 is 29.5 Å². The fraction of sp³-hybridized carbons (Fsp3) is 0.708. The summed E-state index contributed by atoms with van der Waals surface area (Å²) < 4.78 is 47.8. The van der Waals surface area contributed by atoms with E-state index in [1.807, 2.05) is 50.2 Å². The van der Waals surface area contributed by atoms with E-state index >= 15 is 0 Å². The Labute approximate surface area is 509 Å². The van der Waals surface area contributed by atoms with Gasteiger partial charge in [0.2, 0.25) is 35.5 Å². The summed E-state index contributed by atoms with van der Waals surface area (Å²) in [6.07, 6.45) is 10.1. The molecule has 4 bridgehead atoms. The van der Waals surface area contributed by atoms with Crippen molar-refractivity contribution in [3.8, 4) is 11.5 Å². The summed E-state index contributed by atoms with van der Waals surface area (Å²) in [6, 6.07) is 13.8. The highest BCUT2D eigenvalue weighted by molar-refractivity contribution is 5.81. The van der Waals surface area contributed by atoms with Crippen LogP contribution in [-0.2, 0) is 51.7 Å². The topological polar surface area (TPSA) is 251 Å². The van der Waals surface area contributed by atoms with Crippen LogP contribution in [0, 0.1) is 23.7 Å². The van der Waals surface area contributed by atoms with E-state index in [-0.39, 0.29) is 123 Å². The van der Waals surface area contributed by atoms with Crippen LogP contribution in [0.5, 0.6) is 11.5 Å². The number of hydrogen-bond acceptors (Lipinski definition) is 14. The zero-order valence-corrected chi connectivity index (χ0v) is 51.2. The highest BCUT2D eigenvalue weighted by atomic mass is 19.3. The number of phenols is 1. The molecule has 8 aliphatic rings. The van der Waals surface area contributed by atoms with Crippen molar-refractivity contribution in [3.63, 3.8) is 0 Å². The van der Waals surface area contributed by atoms with E-state index in [0.717, 1.165) is 73.7 Å². The average molecular weight is 1210 g/mol. The number of hydrogen-bond donors (Lipinski definition) is 7. The molecule has 2 aromatic carbocycles. The van der Waals surface area contributed by atoms with Gasteiger partial charge in [-0.25, -0.2) is 8.78 Å². The number of aromatic hydroxyl groups is 1. The van der Waals surface area contributed by atoms with Crippen LogP contribution in [0.3, 0.4) is 0 Å². The molecule has 11 rings (SSSR count). The number of piperidine rings is 2. The minimum Gasteiger partial charge on any atom is -0.504 e. The monoisotopic (exact) mass is 1210 g/mol. The number of ether oxygens (including phenoxy) is 3. The van der Waals surface area contributed by atoms with Crippen LogP contribution in [0.15, 0.2) is 42.5 Å². The van der Waals surface area contributed by atoms with Crippen molar-refractivity contribution in [2.75, 3.05) is 65.7 Å². The van der Waals surface area contributed by atoms with Crippen molar-refractivity contribution in [2.24, 2.45) is 23.7 Å². The molecule has 476 valence electrons. The van der Waals surface area contributed by atoms with Crippen molar-refractivity contribution in [3.05, 3.63) is 70.8 Å². The van der Waals surface area contributed by atoms with Crippen LogP contribution >= 0.6 is 0 Å². The summed E-state index contributed by atoms with van der Waals surface area (Å²) in [5, 5.41) is 47.9. The number of fused-ring (bicyclic) bond motifs is 2. The van der Waals surface area contributed by atoms with E-state index in [0.29, 0.717) is 88.3 Å². The van der Waals surface area contributed by atoms with Gasteiger partial charge in [0.25, 0.3) is 0 Å². The minimum atomic E-state index is -2.69. The molecule has 4 unspecified atom stereocenters. The number of likely N-dealkylation sites (tertiary alicyclic amines) is 1. The van der Waals surface area contributed by atoms with Crippen LogP contribution < -0.4 is 31.3 Å². The van der Waals surface area contributed by atoms with Gasteiger partial charge in [-0.15, -0.1) is 10.2 Å². The zero-order valence-electron chi connectivity index (χ0n) is 51.2. The Hall–Kier alpha value is -5.81. The first-order chi connectivity index (χ1) is 41.8. The number of aliphatic hydroxyl groups is 1. The number of carbonyl (C=O) groups excluding carboxylic acids is 5. The van der Waals surface area contributed by atoms with Gasteiger partial charge in [-0.3, -0.25) is 33.8 Å². The highest BCUT2D eigenvalue weighted by Gasteiger charge is 2.73. The zero-order chi connectivity index (χ0) is 61.2. The lowest BCUT2D eigenvalue weighted by Gasteiger charge is -2.64. The normalized spacial score (nSPS) is 28.2. The predicted molar refractivity (Wildman–Crippen MR) is 319 cm³/mol. The van der Waals surface area contributed by atoms with Crippen molar-refractivity contribution in [1.82, 2.24) is 51.1 Å². The Morgan fingerprint density at radius 1 is 0.770 bits per heavy atom. The van der Waals surface area contributed by atoms with Crippen LogP contribution in [0.1, 0.15) is 170 Å². The van der Waals surface area contributed by atoms with Gasteiger partial charge < -0.3 is 55.6 Å². The van der Waals surface area contributed by atoms with E-state index < -0.39 is 35.0 Å². The van der Waals surface area contributed by atoms with E-state index in [1.54, 1.807) is 6.07 Å². The fourth-order valence-electron chi connectivity index (χ4n) is 16.2. The van der Waals surface area contributed by atoms with Gasteiger partial charge in [-0.05, 0) is 131 Å². The molecular weight excluding hydrogens is 1120 g/mol. The summed E-state index contributed by atoms with van der Waals surface area (Å²) >= 11 is 0. The lowest BCUT2D eigenvalue weighted by molar-refractivity contribution is -0.192. The van der Waals surface area contributed by atoms with Crippen LogP contribution in [0.2, 0.25) is 0 Å². The molecular formula is C65H92F2N10O10. The number of aromatic nitrogens is 3. The second-order valence-electron chi connectivity index (χ2n) is 27.3. The first kappa shape index (κ1) is 62.8. The van der Waals surface area contributed by atoms with Gasteiger partial charge in [0.05, 0.1) is 23.1 Å². The molecule has 4 aliphatic heterocycles. The van der Waals surface area contributed by atoms with Crippen molar-refractivity contribution in [2.45, 2.75) is 202 Å². The maximum atomic E-state index is 13.9. The SMILES string of the molecule is CC(CNC(=O)COCC(=O)NCCc1nnc(C(C)C)n1C1CC2CCC(C1)N2CC[C@H](NC(=O)C1CCC(F)(F)CC1)c1ccccc1)CC(C)CNC(=O)COCC(=O)N[C@@H]1CC[C@@]2(O)[C@H]3Cc4ccc(O)c5c4[C@@]2(CCN3CC2CC2)[C@H]1O5. The molecule has 5 heterocycles. The molecule has 0 radical (unpaired) electrons. The smallest absolute Gasteiger partial charge is 0.248 e. The maximum Gasteiger partial charge on any atom is 0.248 e. The van der Waals surface area contributed by atoms with E-state index in [9.17, 15) is 43.0 Å². The number of halogens is 2. The number of alkyl halides is 2. The van der Waals surface area contributed by atoms with Gasteiger partial charge in [0, 0.05) is 93.6 Å². The van der Waals surface area contributed by atoms with Gasteiger partial charge in [-0.1, -0.05) is 64.1 Å². The molecule has 7 N–H and O–H groups in total. The largest absolute Gasteiger partial charge is 0.504 e. The Bertz CT molecular complexity index is 2920. The highest BCUT2D eigenvalue weighted by Crippen LogP contribution is 2.65. The van der Waals surface area contributed by atoms with E-state index in [1.165, 1.54) is 12.8 Å². The number of amides is 5. The second kappa shape index (κ2) is 26.7. The van der Waals surface area contributed by atoms with E-state index in [2.05, 4.69) is 65.0 Å².